The summed E-state index contributed by atoms with van der Waals surface area (Å²) in [6.45, 7) is 6.59. The standard InChI is InChI=1S/C14H16BrN3/c1-14(2,3)10-6-4-9(5-7-10)12-11(15)8-17-13(16)18-12/h4-8H,1-3H3,(H2,16,17,18). The van der Waals surface area contributed by atoms with Crippen LogP contribution in [-0.4, -0.2) is 9.97 Å². The summed E-state index contributed by atoms with van der Waals surface area (Å²) < 4.78 is 0.847. The Morgan fingerprint density at radius 1 is 1.11 bits per heavy atom. The molecule has 1 heterocycles. The first-order chi connectivity index (χ1) is 8.38. The maximum atomic E-state index is 5.62. The van der Waals surface area contributed by atoms with E-state index in [1.165, 1.54) is 5.56 Å². The van der Waals surface area contributed by atoms with Crippen LogP contribution < -0.4 is 5.73 Å². The summed E-state index contributed by atoms with van der Waals surface area (Å²) in [7, 11) is 0. The quantitative estimate of drug-likeness (QED) is 0.872. The first-order valence-electron chi connectivity index (χ1n) is 5.77. The average Bonchev–Trinajstić information content (AvgIpc) is 2.31. The molecule has 1 aromatic heterocycles. The zero-order valence-electron chi connectivity index (χ0n) is 10.7. The predicted molar refractivity (Wildman–Crippen MR) is 78.3 cm³/mol. The molecule has 1 aromatic carbocycles. The van der Waals surface area contributed by atoms with Crippen molar-refractivity contribution in [3.05, 3.63) is 40.5 Å². The highest BCUT2D eigenvalue weighted by atomic mass is 79.9. The number of nitrogens with two attached hydrogens (primary N) is 1. The lowest BCUT2D eigenvalue weighted by Crippen LogP contribution is -2.10. The average molecular weight is 306 g/mol. The third kappa shape index (κ3) is 2.70. The van der Waals surface area contributed by atoms with E-state index in [1.54, 1.807) is 6.20 Å². The lowest BCUT2D eigenvalue weighted by molar-refractivity contribution is 0.590. The molecule has 2 aromatic rings. The molecular weight excluding hydrogens is 290 g/mol. The molecule has 0 saturated carbocycles. The third-order valence-corrected chi connectivity index (χ3v) is 3.37. The van der Waals surface area contributed by atoms with Gasteiger partial charge >= 0.3 is 0 Å². The number of rotatable bonds is 1. The van der Waals surface area contributed by atoms with E-state index in [0.717, 1.165) is 15.7 Å². The summed E-state index contributed by atoms with van der Waals surface area (Å²) in [5, 5.41) is 0. The summed E-state index contributed by atoms with van der Waals surface area (Å²) in [6, 6.07) is 8.38. The fourth-order valence-electron chi connectivity index (χ4n) is 1.71. The van der Waals surface area contributed by atoms with Gasteiger partial charge in [-0.05, 0) is 26.9 Å². The van der Waals surface area contributed by atoms with Crippen molar-refractivity contribution in [2.75, 3.05) is 5.73 Å². The Morgan fingerprint density at radius 3 is 2.28 bits per heavy atom. The van der Waals surface area contributed by atoms with Gasteiger partial charge in [-0.2, -0.15) is 0 Å². The lowest BCUT2D eigenvalue weighted by atomic mass is 9.86. The fraction of sp³-hybridized carbons (Fsp3) is 0.286. The van der Waals surface area contributed by atoms with Gasteiger partial charge in [0, 0.05) is 11.8 Å². The second-order valence-corrected chi connectivity index (χ2v) is 6.11. The predicted octanol–water partition coefficient (Wildman–Crippen LogP) is 3.79. The molecule has 2 rings (SSSR count). The van der Waals surface area contributed by atoms with E-state index in [-0.39, 0.29) is 11.4 Å². The molecule has 0 aliphatic carbocycles. The van der Waals surface area contributed by atoms with Gasteiger partial charge in [-0.15, -0.1) is 0 Å². The van der Waals surface area contributed by atoms with Crippen LogP contribution in [0.2, 0.25) is 0 Å². The molecule has 4 heteroatoms. The number of anilines is 1. The lowest BCUT2D eigenvalue weighted by Gasteiger charge is -2.19. The van der Waals surface area contributed by atoms with Crippen molar-refractivity contribution in [3.8, 4) is 11.3 Å². The Hall–Kier alpha value is -1.42. The van der Waals surface area contributed by atoms with Crippen LogP contribution in [0, 0.1) is 0 Å². The Morgan fingerprint density at radius 2 is 1.72 bits per heavy atom. The minimum atomic E-state index is 0.153. The van der Waals surface area contributed by atoms with E-state index < -0.39 is 0 Å². The van der Waals surface area contributed by atoms with Crippen LogP contribution in [0.1, 0.15) is 26.3 Å². The molecule has 0 saturated heterocycles. The van der Waals surface area contributed by atoms with E-state index in [1.807, 2.05) is 0 Å². The maximum Gasteiger partial charge on any atom is 0.220 e. The van der Waals surface area contributed by atoms with Gasteiger partial charge in [-0.25, -0.2) is 9.97 Å². The highest BCUT2D eigenvalue weighted by molar-refractivity contribution is 9.10. The van der Waals surface area contributed by atoms with Crippen LogP contribution in [0.4, 0.5) is 5.95 Å². The molecule has 94 valence electrons. The highest BCUT2D eigenvalue weighted by Gasteiger charge is 2.14. The van der Waals surface area contributed by atoms with Crippen molar-refractivity contribution >= 4 is 21.9 Å². The molecular formula is C14H16BrN3. The molecule has 0 aliphatic heterocycles. The van der Waals surface area contributed by atoms with Gasteiger partial charge in [0.2, 0.25) is 5.95 Å². The van der Waals surface area contributed by atoms with Crippen molar-refractivity contribution in [2.45, 2.75) is 26.2 Å². The van der Waals surface area contributed by atoms with Gasteiger partial charge in [-0.3, -0.25) is 0 Å². The fourth-order valence-corrected chi connectivity index (χ4v) is 2.13. The summed E-state index contributed by atoms with van der Waals surface area (Å²) in [6.07, 6.45) is 1.68. The molecule has 0 unspecified atom stereocenters. The van der Waals surface area contributed by atoms with E-state index in [9.17, 15) is 0 Å². The number of nitrogens with zero attached hydrogens (tertiary/aromatic N) is 2. The van der Waals surface area contributed by atoms with Crippen LogP contribution in [0.3, 0.4) is 0 Å². The SMILES string of the molecule is CC(C)(C)c1ccc(-c2nc(N)ncc2Br)cc1. The van der Waals surface area contributed by atoms with Gasteiger partial charge in [0.05, 0.1) is 10.2 Å². The molecule has 0 aliphatic rings. The van der Waals surface area contributed by atoms with Crippen molar-refractivity contribution in [1.29, 1.82) is 0 Å². The number of aromatic nitrogens is 2. The van der Waals surface area contributed by atoms with E-state index in [4.69, 9.17) is 5.73 Å². The van der Waals surface area contributed by atoms with Gasteiger partial charge in [0.1, 0.15) is 0 Å². The monoisotopic (exact) mass is 305 g/mol. The Bertz CT molecular complexity index is 556. The molecule has 18 heavy (non-hydrogen) atoms. The summed E-state index contributed by atoms with van der Waals surface area (Å²) in [5.41, 5.74) is 8.92. The van der Waals surface area contributed by atoms with Crippen LogP contribution >= 0.6 is 15.9 Å². The molecule has 2 N–H and O–H groups in total. The number of hydrogen-bond donors (Lipinski definition) is 1. The number of benzene rings is 1. The Kier molecular flexibility index (Phi) is 3.39. The number of nitrogen functional groups attached to an aromatic ring is 1. The molecule has 3 nitrogen and oxygen atoms in total. The molecule has 0 spiro atoms. The molecule has 0 bridgehead atoms. The minimum Gasteiger partial charge on any atom is -0.368 e. The maximum absolute atomic E-state index is 5.62. The summed E-state index contributed by atoms with van der Waals surface area (Å²) in [4.78, 5) is 8.20. The normalized spacial score (nSPS) is 11.6. The van der Waals surface area contributed by atoms with Crippen molar-refractivity contribution in [1.82, 2.24) is 9.97 Å². The second kappa shape index (κ2) is 4.69. The molecule has 0 atom stereocenters. The van der Waals surface area contributed by atoms with E-state index in [2.05, 4.69) is 70.9 Å². The second-order valence-electron chi connectivity index (χ2n) is 5.25. The van der Waals surface area contributed by atoms with Gasteiger partial charge in [0.25, 0.3) is 0 Å². The largest absolute Gasteiger partial charge is 0.368 e. The minimum absolute atomic E-state index is 0.153. The summed E-state index contributed by atoms with van der Waals surface area (Å²) >= 11 is 3.44. The first-order valence-corrected chi connectivity index (χ1v) is 6.56. The summed E-state index contributed by atoms with van der Waals surface area (Å²) in [5.74, 6) is 0.285. The van der Waals surface area contributed by atoms with Crippen molar-refractivity contribution in [2.24, 2.45) is 0 Å². The molecule has 0 radical (unpaired) electrons. The van der Waals surface area contributed by atoms with Gasteiger partial charge < -0.3 is 5.73 Å². The smallest absolute Gasteiger partial charge is 0.220 e. The number of hydrogen-bond acceptors (Lipinski definition) is 3. The van der Waals surface area contributed by atoms with Crippen LogP contribution in [0.25, 0.3) is 11.3 Å². The van der Waals surface area contributed by atoms with Crippen LogP contribution in [0.15, 0.2) is 34.9 Å². The van der Waals surface area contributed by atoms with Crippen LogP contribution in [0.5, 0.6) is 0 Å². The molecule has 0 fully saturated rings. The van der Waals surface area contributed by atoms with Gasteiger partial charge in [-0.1, -0.05) is 45.0 Å². The van der Waals surface area contributed by atoms with E-state index >= 15 is 0 Å². The third-order valence-electron chi connectivity index (χ3n) is 2.79. The topological polar surface area (TPSA) is 51.8 Å². The Labute approximate surface area is 116 Å². The van der Waals surface area contributed by atoms with Crippen molar-refractivity contribution in [3.63, 3.8) is 0 Å². The highest BCUT2D eigenvalue weighted by Crippen LogP contribution is 2.29. The van der Waals surface area contributed by atoms with E-state index in [0.29, 0.717) is 0 Å². The van der Waals surface area contributed by atoms with Crippen LogP contribution in [-0.2, 0) is 5.41 Å². The van der Waals surface area contributed by atoms with Crippen molar-refractivity contribution < 1.29 is 0 Å². The number of halogens is 1. The first kappa shape index (κ1) is 13.0. The van der Waals surface area contributed by atoms with Gasteiger partial charge in [0.15, 0.2) is 0 Å². The zero-order valence-corrected chi connectivity index (χ0v) is 12.3. The molecule has 0 amide bonds. The Balaban J connectivity index is 2.43. The zero-order chi connectivity index (χ0) is 13.3.